The van der Waals surface area contributed by atoms with E-state index in [2.05, 4.69) is 23.6 Å². The first kappa shape index (κ1) is 18.2. The van der Waals surface area contributed by atoms with Crippen LogP contribution in [0, 0.1) is 5.41 Å². The molecule has 2 aliphatic rings. The fraction of sp³-hybridized carbons (Fsp3) is 0.882. The number of carbonyl (C=O) groups is 2. The SMILES string of the molecule is CC1CN1CCC(=O)OCC(C)(C)COC(=O)CCN1CC1C. The highest BCUT2D eigenvalue weighted by atomic mass is 16.5. The van der Waals surface area contributed by atoms with E-state index in [1.54, 1.807) is 0 Å². The number of esters is 2. The molecule has 23 heavy (non-hydrogen) atoms. The molecule has 6 heteroatoms. The van der Waals surface area contributed by atoms with Crippen LogP contribution in [0.15, 0.2) is 0 Å². The Kier molecular flexibility index (Phi) is 6.03. The van der Waals surface area contributed by atoms with E-state index >= 15 is 0 Å². The van der Waals surface area contributed by atoms with E-state index in [1.165, 1.54) is 0 Å². The standard InChI is InChI=1S/C17H30N2O4/c1-13-9-18(13)7-5-15(20)22-11-17(3,4)12-23-16(21)6-8-19-10-14(19)2/h13-14H,5-12H2,1-4H3. The van der Waals surface area contributed by atoms with Gasteiger partial charge in [-0.05, 0) is 13.8 Å². The van der Waals surface area contributed by atoms with Crippen molar-refractivity contribution >= 4 is 11.9 Å². The molecule has 0 amide bonds. The van der Waals surface area contributed by atoms with Crippen LogP contribution in [-0.4, -0.2) is 73.2 Å². The van der Waals surface area contributed by atoms with Gasteiger partial charge in [0.1, 0.15) is 0 Å². The lowest BCUT2D eigenvalue weighted by Gasteiger charge is -2.23. The van der Waals surface area contributed by atoms with Crippen LogP contribution in [0.25, 0.3) is 0 Å². The molecule has 0 aromatic carbocycles. The summed E-state index contributed by atoms with van der Waals surface area (Å²) in [6, 6.07) is 1.21. The molecule has 4 unspecified atom stereocenters. The van der Waals surface area contributed by atoms with Crippen LogP contribution in [0.1, 0.15) is 40.5 Å². The van der Waals surface area contributed by atoms with Crippen molar-refractivity contribution in [3.8, 4) is 0 Å². The third-order valence-electron chi connectivity index (χ3n) is 4.43. The summed E-state index contributed by atoms with van der Waals surface area (Å²) >= 11 is 0. The molecule has 0 bridgehead atoms. The molecular weight excluding hydrogens is 296 g/mol. The molecule has 0 radical (unpaired) electrons. The maximum Gasteiger partial charge on any atom is 0.307 e. The van der Waals surface area contributed by atoms with E-state index in [0.717, 1.165) is 26.2 Å². The summed E-state index contributed by atoms with van der Waals surface area (Å²) in [5.74, 6) is -0.363. The van der Waals surface area contributed by atoms with Gasteiger partial charge in [-0.3, -0.25) is 19.4 Å². The van der Waals surface area contributed by atoms with E-state index in [9.17, 15) is 9.59 Å². The molecule has 2 rings (SSSR count). The smallest absolute Gasteiger partial charge is 0.307 e. The van der Waals surface area contributed by atoms with Crippen molar-refractivity contribution in [1.82, 2.24) is 9.80 Å². The van der Waals surface area contributed by atoms with Gasteiger partial charge in [-0.15, -0.1) is 0 Å². The van der Waals surface area contributed by atoms with E-state index in [4.69, 9.17) is 9.47 Å². The van der Waals surface area contributed by atoms with Gasteiger partial charge in [0.15, 0.2) is 0 Å². The quantitative estimate of drug-likeness (QED) is 0.445. The van der Waals surface area contributed by atoms with Gasteiger partial charge < -0.3 is 9.47 Å². The van der Waals surface area contributed by atoms with Crippen molar-refractivity contribution in [1.29, 1.82) is 0 Å². The molecule has 0 aromatic rings. The van der Waals surface area contributed by atoms with Gasteiger partial charge in [0.25, 0.3) is 0 Å². The lowest BCUT2D eigenvalue weighted by molar-refractivity contribution is -0.152. The zero-order chi connectivity index (χ0) is 17.0. The van der Waals surface area contributed by atoms with E-state index in [0.29, 0.717) is 24.9 Å². The molecule has 0 N–H and O–H groups in total. The highest BCUT2D eigenvalue weighted by Crippen LogP contribution is 2.19. The van der Waals surface area contributed by atoms with Crippen LogP contribution in [0.5, 0.6) is 0 Å². The van der Waals surface area contributed by atoms with Crippen LogP contribution in [0.3, 0.4) is 0 Å². The molecule has 0 spiro atoms. The van der Waals surface area contributed by atoms with Crippen molar-refractivity contribution in [2.75, 3.05) is 39.4 Å². The first-order valence-corrected chi connectivity index (χ1v) is 8.56. The predicted octanol–water partition coefficient (Wildman–Crippen LogP) is 1.29. The molecule has 2 aliphatic heterocycles. The molecule has 0 aromatic heterocycles. The average molecular weight is 326 g/mol. The maximum absolute atomic E-state index is 11.7. The normalized spacial score (nSPS) is 29.0. The second-order valence-electron chi connectivity index (χ2n) is 7.67. The van der Waals surface area contributed by atoms with Crippen molar-refractivity contribution in [3.05, 3.63) is 0 Å². The van der Waals surface area contributed by atoms with Gasteiger partial charge >= 0.3 is 11.9 Å². The highest BCUT2D eigenvalue weighted by molar-refractivity contribution is 5.70. The first-order chi connectivity index (χ1) is 10.8. The fourth-order valence-electron chi connectivity index (χ4n) is 2.42. The summed E-state index contributed by atoms with van der Waals surface area (Å²) in [6.07, 6.45) is 0.850. The van der Waals surface area contributed by atoms with E-state index in [-0.39, 0.29) is 30.6 Å². The summed E-state index contributed by atoms with van der Waals surface area (Å²) in [4.78, 5) is 27.9. The number of rotatable bonds is 10. The maximum atomic E-state index is 11.7. The summed E-state index contributed by atoms with van der Waals surface area (Å²) < 4.78 is 10.6. The number of hydrogen-bond donors (Lipinski definition) is 0. The van der Waals surface area contributed by atoms with Gasteiger partial charge in [0, 0.05) is 43.7 Å². The zero-order valence-electron chi connectivity index (χ0n) is 14.8. The summed E-state index contributed by atoms with van der Waals surface area (Å²) in [5.41, 5.74) is -0.356. The van der Waals surface area contributed by atoms with Crippen molar-refractivity contribution in [3.63, 3.8) is 0 Å². The van der Waals surface area contributed by atoms with Crippen LogP contribution >= 0.6 is 0 Å². The predicted molar refractivity (Wildman–Crippen MR) is 87.0 cm³/mol. The third-order valence-corrected chi connectivity index (χ3v) is 4.43. The van der Waals surface area contributed by atoms with E-state index in [1.807, 2.05) is 13.8 Å². The topological polar surface area (TPSA) is 58.6 Å². The molecule has 2 fully saturated rings. The minimum atomic E-state index is -0.356. The Morgan fingerprint density at radius 1 is 0.913 bits per heavy atom. The van der Waals surface area contributed by atoms with Crippen molar-refractivity contribution in [2.45, 2.75) is 52.6 Å². The summed E-state index contributed by atoms with van der Waals surface area (Å²) in [7, 11) is 0. The fourth-order valence-corrected chi connectivity index (χ4v) is 2.42. The Balaban J connectivity index is 1.53. The average Bonchev–Trinajstić information content (AvgIpc) is 3.38. The molecular formula is C17H30N2O4. The second kappa shape index (κ2) is 7.62. The van der Waals surface area contributed by atoms with Gasteiger partial charge in [-0.25, -0.2) is 0 Å². The molecule has 2 saturated heterocycles. The number of nitrogens with zero attached hydrogens (tertiary/aromatic N) is 2. The summed E-state index contributed by atoms with van der Waals surface area (Å²) in [5, 5.41) is 0. The lowest BCUT2D eigenvalue weighted by atomic mass is 9.96. The van der Waals surface area contributed by atoms with Crippen LogP contribution < -0.4 is 0 Å². The van der Waals surface area contributed by atoms with E-state index < -0.39 is 0 Å². The largest absolute Gasteiger partial charge is 0.465 e. The molecule has 0 aliphatic carbocycles. The lowest BCUT2D eigenvalue weighted by Crippen LogP contribution is -2.29. The summed E-state index contributed by atoms with van der Waals surface area (Å²) in [6.45, 7) is 12.4. The molecule has 4 atom stereocenters. The Hall–Kier alpha value is -1.14. The Labute approximate surface area is 139 Å². The Bertz CT molecular complexity index is 400. The monoisotopic (exact) mass is 326 g/mol. The Morgan fingerprint density at radius 3 is 1.57 bits per heavy atom. The minimum absolute atomic E-state index is 0.181. The van der Waals surface area contributed by atoms with Gasteiger partial charge in [-0.2, -0.15) is 0 Å². The zero-order valence-corrected chi connectivity index (χ0v) is 14.8. The first-order valence-electron chi connectivity index (χ1n) is 8.56. The number of ether oxygens (including phenoxy) is 2. The molecule has 132 valence electrons. The Morgan fingerprint density at radius 2 is 1.26 bits per heavy atom. The molecule has 0 saturated carbocycles. The highest BCUT2D eigenvalue weighted by Gasteiger charge is 2.30. The van der Waals surface area contributed by atoms with Crippen LogP contribution in [-0.2, 0) is 19.1 Å². The van der Waals surface area contributed by atoms with Crippen LogP contribution in [0.2, 0.25) is 0 Å². The van der Waals surface area contributed by atoms with Crippen molar-refractivity contribution in [2.24, 2.45) is 5.41 Å². The second-order valence-corrected chi connectivity index (χ2v) is 7.67. The number of carbonyl (C=O) groups excluding carboxylic acids is 2. The number of hydrogen-bond acceptors (Lipinski definition) is 6. The third kappa shape index (κ3) is 6.87. The molecule has 2 heterocycles. The van der Waals surface area contributed by atoms with Gasteiger partial charge in [-0.1, -0.05) is 13.8 Å². The van der Waals surface area contributed by atoms with Crippen LogP contribution in [0.4, 0.5) is 0 Å². The molecule has 6 nitrogen and oxygen atoms in total. The van der Waals surface area contributed by atoms with Crippen molar-refractivity contribution < 1.29 is 19.1 Å². The van der Waals surface area contributed by atoms with Gasteiger partial charge in [0.05, 0.1) is 26.1 Å². The van der Waals surface area contributed by atoms with Gasteiger partial charge in [0.2, 0.25) is 0 Å². The minimum Gasteiger partial charge on any atom is -0.465 e.